The fourth-order valence-electron chi connectivity index (χ4n) is 2.89. The lowest BCUT2D eigenvalue weighted by Gasteiger charge is -2.16. The number of carbonyl (C=O) groups is 2. The normalized spacial score (nSPS) is 11.4. The van der Waals surface area contributed by atoms with Gasteiger partial charge in [0.25, 0.3) is 11.8 Å². The van der Waals surface area contributed by atoms with E-state index in [2.05, 4.69) is 10.9 Å². The highest BCUT2D eigenvalue weighted by molar-refractivity contribution is 6.02. The summed E-state index contributed by atoms with van der Waals surface area (Å²) < 4.78 is 16.3. The molecule has 156 valence electrons. The second kappa shape index (κ2) is 9.65. The SMILES string of the molecule is CCOc1ccc(O[C@H](C)C(=O)NNC(=O)c2cc3ccccc3cc2OC)cc1. The van der Waals surface area contributed by atoms with Crippen molar-refractivity contribution in [2.24, 2.45) is 0 Å². The third kappa shape index (κ3) is 5.00. The summed E-state index contributed by atoms with van der Waals surface area (Å²) in [6.07, 6.45) is -0.818. The molecule has 3 rings (SSSR count). The first kappa shape index (κ1) is 21.0. The molecule has 7 nitrogen and oxygen atoms in total. The summed E-state index contributed by atoms with van der Waals surface area (Å²) in [6, 6.07) is 18.1. The van der Waals surface area contributed by atoms with Gasteiger partial charge in [-0.25, -0.2) is 0 Å². The molecule has 0 unspecified atom stereocenters. The lowest BCUT2D eigenvalue weighted by atomic mass is 10.1. The van der Waals surface area contributed by atoms with Crippen LogP contribution >= 0.6 is 0 Å². The minimum absolute atomic E-state index is 0.316. The highest BCUT2D eigenvalue weighted by atomic mass is 16.5. The van der Waals surface area contributed by atoms with Crippen LogP contribution in [0.25, 0.3) is 10.8 Å². The number of methoxy groups -OCH3 is 1. The molecule has 0 fully saturated rings. The van der Waals surface area contributed by atoms with Crippen molar-refractivity contribution in [1.82, 2.24) is 10.9 Å². The molecule has 0 aliphatic rings. The average Bonchev–Trinajstić information content (AvgIpc) is 2.77. The number of hydrogen-bond donors (Lipinski definition) is 2. The summed E-state index contributed by atoms with van der Waals surface area (Å²) in [6.45, 7) is 4.06. The van der Waals surface area contributed by atoms with E-state index >= 15 is 0 Å². The Balaban J connectivity index is 1.61. The molecule has 0 radical (unpaired) electrons. The van der Waals surface area contributed by atoms with Crippen LogP contribution in [0.3, 0.4) is 0 Å². The molecule has 1 atom stereocenters. The molecule has 0 saturated carbocycles. The maximum Gasteiger partial charge on any atom is 0.279 e. The van der Waals surface area contributed by atoms with Gasteiger partial charge in [-0.15, -0.1) is 0 Å². The summed E-state index contributed by atoms with van der Waals surface area (Å²) in [5.74, 6) is 0.678. The number of rotatable bonds is 7. The van der Waals surface area contributed by atoms with Crippen LogP contribution in [0, 0.1) is 0 Å². The molecule has 0 saturated heterocycles. The van der Waals surface area contributed by atoms with Crippen LogP contribution in [0.4, 0.5) is 0 Å². The minimum Gasteiger partial charge on any atom is -0.496 e. The van der Waals surface area contributed by atoms with Crippen molar-refractivity contribution in [2.75, 3.05) is 13.7 Å². The Kier molecular flexibility index (Phi) is 6.75. The standard InChI is InChI=1S/C23H24N2O5/c1-4-29-18-9-11-19(12-10-18)30-15(2)22(26)24-25-23(27)20-13-16-7-5-6-8-17(16)14-21(20)28-3/h5-15H,4H2,1-3H3,(H,24,26)(H,25,27)/t15-/m1/s1. The van der Waals surface area contributed by atoms with E-state index in [9.17, 15) is 9.59 Å². The topological polar surface area (TPSA) is 85.9 Å². The molecule has 0 bridgehead atoms. The maximum absolute atomic E-state index is 12.6. The summed E-state index contributed by atoms with van der Waals surface area (Å²) in [5.41, 5.74) is 5.12. The quantitative estimate of drug-likeness (QED) is 0.585. The van der Waals surface area contributed by atoms with Crippen LogP contribution in [-0.2, 0) is 4.79 Å². The van der Waals surface area contributed by atoms with Crippen LogP contribution in [0.15, 0.2) is 60.7 Å². The predicted molar refractivity (Wildman–Crippen MR) is 114 cm³/mol. The number of benzene rings is 3. The number of amides is 2. The second-order valence-electron chi connectivity index (χ2n) is 6.51. The Labute approximate surface area is 174 Å². The smallest absolute Gasteiger partial charge is 0.279 e. The molecule has 7 heteroatoms. The average molecular weight is 408 g/mol. The van der Waals surface area contributed by atoms with Crippen LogP contribution in [-0.4, -0.2) is 31.6 Å². The van der Waals surface area contributed by atoms with Gasteiger partial charge in [0.05, 0.1) is 19.3 Å². The van der Waals surface area contributed by atoms with Crippen molar-refractivity contribution >= 4 is 22.6 Å². The fraction of sp³-hybridized carbons (Fsp3) is 0.217. The first-order valence-corrected chi connectivity index (χ1v) is 9.58. The molecule has 0 aliphatic heterocycles. The van der Waals surface area contributed by atoms with E-state index in [1.807, 2.05) is 31.2 Å². The molecular weight excluding hydrogens is 384 g/mol. The van der Waals surface area contributed by atoms with Gasteiger partial charge in [0, 0.05) is 0 Å². The van der Waals surface area contributed by atoms with Crippen molar-refractivity contribution in [3.8, 4) is 17.2 Å². The third-order valence-corrected chi connectivity index (χ3v) is 4.43. The molecule has 2 amide bonds. The van der Waals surface area contributed by atoms with E-state index in [4.69, 9.17) is 14.2 Å². The highest BCUT2D eigenvalue weighted by Gasteiger charge is 2.18. The van der Waals surface area contributed by atoms with Crippen LogP contribution in [0.5, 0.6) is 17.2 Å². The first-order valence-electron chi connectivity index (χ1n) is 9.58. The molecule has 0 spiro atoms. The van der Waals surface area contributed by atoms with Crippen LogP contribution in [0.1, 0.15) is 24.2 Å². The lowest BCUT2D eigenvalue weighted by Crippen LogP contribution is -2.47. The number of hydrazine groups is 1. The van der Waals surface area contributed by atoms with Gasteiger partial charge in [-0.2, -0.15) is 0 Å². The zero-order valence-electron chi connectivity index (χ0n) is 17.1. The molecular formula is C23H24N2O5. The van der Waals surface area contributed by atoms with E-state index in [0.717, 1.165) is 16.5 Å². The van der Waals surface area contributed by atoms with E-state index in [0.29, 0.717) is 23.7 Å². The number of fused-ring (bicyclic) bond motifs is 1. The van der Waals surface area contributed by atoms with Gasteiger partial charge in [0.2, 0.25) is 0 Å². The Hall–Kier alpha value is -3.74. The molecule has 3 aromatic carbocycles. The molecule has 0 heterocycles. The second-order valence-corrected chi connectivity index (χ2v) is 6.51. The largest absolute Gasteiger partial charge is 0.496 e. The molecule has 0 aliphatic carbocycles. The summed E-state index contributed by atoms with van der Waals surface area (Å²) >= 11 is 0. The van der Waals surface area contributed by atoms with E-state index in [1.165, 1.54) is 7.11 Å². The van der Waals surface area contributed by atoms with Crippen molar-refractivity contribution in [3.05, 3.63) is 66.2 Å². The Morgan fingerprint density at radius 1 is 0.933 bits per heavy atom. The minimum atomic E-state index is -0.818. The maximum atomic E-state index is 12.6. The van der Waals surface area contributed by atoms with Gasteiger partial charge >= 0.3 is 0 Å². The highest BCUT2D eigenvalue weighted by Crippen LogP contribution is 2.25. The monoisotopic (exact) mass is 408 g/mol. The van der Waals surface area contributed by atoms with Crippen LogP contribution in [0.2, 0.25) is 0 Å². The first-order chi connectivity index (χ1) is 14.5. The molecule has 2 N–H and O–H groups in total. The van der Waals surface area contributed by atoms with Gasteiger partial charge in [-0.1, -0.05) is 24.3 Å². The molecule has 3 aromatic rings. The van der Waals surface area contributed by atoms with Gasteiger partial charge < -0.3 is 14.2 Å². The van der Waals surface area contributed by atoms with Gasteiger partial charge in [0.15, 0.2) is 6.10 Å². The number of carbonyl (C=O) groups excluding carboxylic acids is 2. The Morgan fingerprint density at radius 3 is 2.20 bits per heavy atom. The van der Waals surface area contributed by atoms with E-state index in [-0.39, 0.29) is 0 Å². The van der Waals surface area contributed by atoms with Gasteiger partial charge in [-0.05, 0) is 61.0 Å². The number of ether oxygens (including phenoxy) is 3. The lowest BCUT2D eigenvalue weighted by molar-refractivity contribution is -0.128. The molecule has 30 heavy (non-hydrogen) atoms. The van der Waals surface area contributed by atoms with Crippen molar-refractivity contribution in [1.29, 1.82) is 0 Å². The zero-order chi connectivity index (χ0) is 21.5. The van der Waals surface area contributed by atoms with E-state index in [1.54, 1.807) is 43.3 Å². The van der Waals surface area contributed by atoms with Gasteiger partial charge in [-0.3, -0.25) is 20.4 Å². The Bertz CT molecular complexity index is 1030. The zero-order valence-corrected chi connectivity index (χ0v) is 17.1. The summed E-state index contributed by atoms with van der Waals surface area (Å²) in [7, 11) is 1.49. The fourth-order valence-corrected chi connectivity index (χ4v) is 2.89. The predicted octanol–water partition coefficient (Wildman–Crippen LogP) is 3.48. The Morgan fingerprint density at radius 2 is 1.57 bits per heavy atom. The van der Waals surface area contributed by atoms with Crippen molar-refractivity contribution < 1.29 is 23.8 Å². The number of hydrogen-bond acceptors (Lipinski definition) is 5. The number of nitrogens with one attached hydrogen (secondary N) is 2. The van der Waals surface area contributed by atoms with Crippen LogP contribution < -0.4 is 25.1 Å². The third-order valence-electron chi connectivity index (χ3n) is 4.43. The van der Waals surface area contributed by atoms with Gasteiger partial charge in [0.1, 0.15) is 17.2 Å². The summed E-state index contributed by atoms with van der Waals surface area (Å²) in [4.78, 5) is 24.9. The van der Waals surface area contributed by atoms with Crippen molar-refractivity contribution in [2.45, 2.75) is 20.0 Å². The summed E-state index contributed by atoms with van der Waals surface area (Å²) in [5, 5.41) is 1.84. The van der Waals surface area contributed by atoms with E-state index < -0.39 is 17.9 Å². The molecule has 0 aromatic heterocycles. The van der Waals surface area contributed by atoms with Crippen molar-refractivity contribution in [3.63, 3.8) is 0 Å².